The normalized spacial score (nSPS) is 10.0. The van der Waals surface area contributed by atoms with Crippen LogP contribution in [0.25, 0.3) is 11.1 Å². The van der Waals surface area contributed by atoms with Gasteiger partial charge in [0.2, 0.25) is 0 Å². The van der Waals surface area contributed by atoms with Crippen LogP contribution in [0.3, 0.4) is 0 Å². The fraction of sp³-hybridized carbons (Fsp3) is 0.381. The van der Waals surface area contributed by atoms with Gasteiger partial charge in [0.25, 0.3) is 0 Å². The third-order valence-electron chi connectivity index (χ3n) is 3.64. The predicted octanol–water partition coefficient (Wildman–Crippen LogP) is 5.58. The summed E-state index contributed by atoms with van der Waals surface area (Å²) in [4.78, 5) is 11.5. The van der Waals surface area contributed by atoms with E-state index in [9.17, 15) is 9.18 Å². The van der Waals surface area contributed by atoms with Gasteiger partial charge in [-0.25, -0.2) is 4.39 Å². The number of hydrogen-bond donors (Lipinski definition) is 0. The Bertz CT molecular complexity index is 675. The Morgan fingerprint density at radius 2 is 1.72 bits per heavy atom. The van der Waals surface area contributed by atoms with Gasteiger partial charge in [-0.3, -0.25) is 4.79 Å². The van der Waals surface area contributed by atoms with Gasteiger partial charge >= 0.3 is 5.97 Å². The molecule has 0 aliphatic heterocycles. The van der Waals surface area contributed by atoms with Crippen molar-refractivity contribution in [1.29, 1.82) is 0 Å². The average Bonchev–Trinajstić information content (AvgIpc) is 2.53. The van der Waals surface area contributed by atoms with Crippen LogP contribution in [0.5, 0.6) is 0 Å². The number of carbonyl (C=O) groups is 1. The van der Waals surface area contributed by atoms with Gasteiger partial charge in [0.15, 0.2) is 0 Å². The molecule has 0 atom stereocenters. The molecule has 2 aromatic carbocycles. The second-order valence-corrected chi connectivity index (χ2v) is 6.64. The Morgan fingerprint density at radius 3 is 2.28 bits per heavy atom. The van der Waals surface area contributed by atoms with Crippen LogP contribution < -0.4 is 0 Å². The van der Waals surface area contributed by atoms with Crippen molar-refractivity contribution < 1.29 is 13.9 Å². The van der Waals surface area contributed by atoms with Crippen molar-refractivity contribution in [2.45, 2.75) is 33.6 Å². The fourth-order valence-electron chi connectivity index (χ4n) is 2.73. The number of hydrogen-bond acceptors (Lipinski definition) is 3. The molecular weight excluding hydrogens is 335 g/mol. The minimum absolute atomic E-state index is 0.179. The van der Waals surface area contributed by atoms with Crippen LogP contribution in [0, 0.1) is 19.7 Å². The summed E-state index contributed by atoms with van der Waals surface area (Å²) in [6.45, 7) is 6.04. The molecule has 0 amide bonds. The lowest BCUT2D eigenvalue weighted by atomic mass is 9.94. The lowest BCUT2D eigenvalue weighted by molar-refractivity contribution is -0.143. The average molecular weight is 363 g/mol. The Labute approximate surface area is 154 Å². The summed E-state index contributed by atoms with van der Waals surface area (Å²) in [6.07, 6.45) is 5.10. The number of thioether (sulfide) groups is 1. The summed E-state index contributed by atoms with van der Waals surface area (Å²) in [5, 5.41) is 0. The predicted molar refractivity (Wildman–Crippen MR) is 106 cm³/mol. The highest BCUT2D eigenvalue weighted by Crippen LogP contribution is 2.29. The fourth-order valence-corrected chi connectivity index (χ4v) is 2.73. The standard InChI is InChI=1S/C19H21FO2.C2H6S/c1-4-22-18(21)9-8-15-6-5-7-16(12-15)19-13(2)10-17(20)11-14(19)3;1-3-2/h5-7,10-12H,4,8-9H2,1-3H3;1-2H3. The van der Waals surface area contributed by atoms with Crippen molar-refractivity contribution in [3.05, 3.63) is 58.9 Å². The van der Waals surface area contributed by atoms with E-state index in [2.05, 4.69) is 6.07 Å². The summed E-state index contributed by atoms with van der Waals surface area (Å²) < 4.78 is 18.4. The monoisotopic (exact) mass is 362 g/mol. The number of carbonyl (C=O) groups excluding carboxylic acids is 1. The molecule has 0 radical (unpaired) electrons. The van der Waals surface area contributed by atoms with Crippen molar-refractivity contribution >= 4 is 17.7 Å². The third-order valence-corrected chi connectivity index (χ3v) is 3.64. The van der Waals surface area contributed by atoms with Crippen LogP contribution in [0.1, 0.15) is 30.0 Å². The first-order valence-electron chi connectivity index (χ1n) is 8.34. The van der Waals surface area contributed by atoms with Gasteiger partial charge in [-0.1, -0.05) is 24.3 Å². The molecule has 2 rings (SSSR count). The lowest BCUT2D eigenvalue weighted by Crippen LogP contribution is -2.05. The highest BCUT2D eigenvalue weighted by molar-refractivity contribution is 7.97. The van der Waals surface area contributed by atoms with Gasteiger partial charge in [0.05, 0.1) is 6.61 Å². The molecule has 0 aliphatic rings. The maximum absolute atomic E-state index is 13.4. The van der Waals surface area contributed by atoms with Crippen LogP contribution in [-0.2, 0) is 16.0 Å². The van der Waals surface area contributed by atoms with Crippen molar-refractivity contribution in [1.82, 2.24) is 0 Å². The maximum Gasteiger partial charge on any atom is 0.306 e. The zero-order chi connectivity index (χ0) is 18.8. The Hall–Kier alpha value is -1.81. The van der Waals surface area contributed by atoms with Gasteiger partial charge < -0.3 is 4.74 Å². The van der Waals surface area contributed by atoms with Crippen LogP contribution in [0.4, 0.5) is 4.39 Å². The molecule has 0 unspecified atom stereocenters. The quantitative estimate of drug-likeness (QED) is 0.649. The second-order valence-electron chi connectivity index (χ2n) is 5.83. The molecule has 2 aromatic rings. The first-order valence-corrected chi connectivity index (χ1v) is 9.98. The lowest BCUT2D eigenvalue weighted by Gasteiger charge is -2.12. The number of rotatable bonds is 5. The van der Waals surface area contributed by atoms with Crippen LogP contribution >= 0.6 is 11.8 Å². The van der Waals surface area contributed by atoms with E-state index in [1.54, 1.807) is 30.8 Å². The van der Waals surface area contributed by atoms with Crippen molar-refractivity contribution in [2.75, 3.05) is 19.1 Å². The summed E-state index contributed by atoms with van der Waals surface area (Å²) >= 11 is 1.75. The van der Waals surface area contributed by atoms with E-state index in [-0.39, 0.29) is 11.8 Å². The number of benzene rings is 2. The third kappa shape index (κ3) is 6.91. The number of halogens is 1. The molecule has 25 heavy (non-hydrogen) atoms. The maximum atomic E-state index is 13.4. The van der Waals surface area contributed by atoms with Crippen molar-refractivity contribution in [3.63, 3.8) is 0 Å². The van der Waals surface area contributed by atoms with Gasteiger partial charge in [0.1, 0.15) is 5.82 Å². The topological polar surface area (TPSA) is 26.3 Å². The smallest absolute Gasteiger partial charge is 0.306 e. The van der Waals surface area contributed by atoms with E-state index in [0.717, 1.165) is 27.8 Å². The summed E-state index contributed by atoms with van der Waals surface area (Å²) in [5.41, 5.74) is 5.02. The summed E-state index contributed by atoms with van der Waals surface area (Å²) in [5.74, 6) is -0.390. The first-order chi connectivity index (χ1) is 11.9. The molecule has 0 saturated heterocycles. The van der Waals surface area contributed by atoms with Gasteiger partial charge in [-0.2, -0.15) is 11.8 Å². The number of ether oxygens (including phenoxy) is 1. The largest absolute Gasteiger partial charge is 0.466 e. The molecule has 0 spiro atoms. The van der Waals surface area contributed by atoms with E-state index in [1.165, 1.54) is 0 Å². The van der Waals surface area contributed by atoms with Crippen LogP contribution in [0.2, 0.25) is 0 Å². The zero-order valence-electron chi connectivity index (χ0n) is 15.7. The SMILES string of the molecule is CCOC(=O)CCc1cccc(-c2c(C)cc(F)cc2C)c1.CSC. The molecule has 0 N–H and O–H groups in total. The number of esters is 1. The van der Waals surface area contributed by atoms with E-state index < -0.39 is 0 Å². The highest BCUT2D eigenvalue weighted by Gasteiger charge is 2.09. The van der Waals surface area contributed by atoms with E-state index in [1.807, 2.05) is 44.6 Å². The molecule has 2 nitrogen and oxygen atoms in total. The van der Waals surface area contributed by atoms with E-state index in [0.29, 0.717) is 19.4 Å². The Morgan fingerprint density at radius 1 is 1.12 bits per heavy atom. The van der Waals surface area contributed by atoms with E-state index in [4.69, 9.17) is 4.74 Å². The van der Waals surface area contributed by atoms with Gasteiger partial charge in [-0.15, -0.1) is 0 Å². The first kappa shape index (κ1) is 21.2. The Balaban J connectivity index is 0.000000970. The van der Waals surface area contributed by atoms with Gasteiger partial charge in [0, 0.05) is 6.42 Å². The molecule has 0 aromatic heterocycles. The molecule has 0 saturated carbocycles. The molecule has 0 aliphatic carbocycles. The summed E-state index contributed by atoms with van der Waals surface area (Å²) in [6, 6.07) is 11.1. The van der Waals surface area contributed by atoms with E-state index >= 15 is 0 Å². The van der Waals surface area contributed by atoms with Crippen molar-refractivity contribution in [2.24, 2.45) is 0 Å². The highest BCUT2D eigenvalue weighted by atomic mass is 32.2. The summed E-state index contributed by atoms with van der Waals surface area (Å²) in [7, 11) is 0. The molecule has 136 valence electrons. The Kier molecular flexibility index (Phi) is 9.28. The van der Waals surface area contributed by atoms with Crippen molar-refractivity contribution in [3.8, 4) is 11.1 Å². The molecule has 0 bridgehead atoms. The molecule has 0 fully saturated rings. The van der Waals surface area contributed by atoms with Crippen LogP contribution in [-0.4, -0.2) is 25.1 Å². The minimum Gasteiger partial charge on any atom is -0.466 e. The zero-order valence-corrected chi connectivity index (χ0v) is 16.5. The minimum atomic E-state index is -0.211. The number of aryl methyl sites for hydroxylation is 3. The van der Waals surface area contributed by atoms with Gasteiger partial charge in [-0.05, 0) is 79.7 Å². The molecule has 0 heterocycles. The van der Waals surface area contributed by atoms with Crippen LogP contribution in [0.15, 0.2) is 36.4 Å². The second kappa shape index (κ2) is 10.9. The molecule has 4 heteroatoms. The molecular formula is C21H27FO2S.